The number of nitrogens with two attached hydrogens (primary N) is 5. The third kappa shape index (κ3) is 29.3. The van der Waals surface area contributed by atoms with E-state index in [1.807, 2.05) is 44.2 Å². The van der Waals surface area contributed by atoms with E-state index in [9.17, 15) is 94.1 Å². The highest BCUT2D eigenvalue weighted by atomic mass is 32.2. The van der Waals surface area contributed by atoms with Crippen molar-refractivity contribution in [1.29, 1.82) is 0 Å². The van der Waals surface area contributed by atoms with Gasteiger partial charge in [0.2, 0.25) is 35.4 Å². The second-order valence-corrected chi connectivity index (χ2v) is 34.0. The number of carbonyl (C=O) groups is 10. The van der Waals surface area contributed by atoms with Gasteiger partial charge in [-0.05, 0) is 49.6 Å². The zero-order chi connectivity index (χ0) is 91.5. The van der Waals surface area contributed by atoms with Crippen LogP contribution < -0.4 is 71.2 Å². The van der Waals surface area contributed by atoms with Crippen LogP contribution in [0, 0.1) is 18.8 Å². The van der Waals surface area contributed by atoms with Crippen LogP contribution in [0.15, 0.2) is 72.2 Å². The van der Waals surface area contributed by atoms with Gasteiger partial charge >= 0.3 is 13.2 Å². The normalized spacial score (nSPS) is 21.5. The Labute approximate surface area is 722 Å². The molecule has 0 spiro atoms. The summed E-state index contributed by atoms with van der Waals surface area (Å²) in [4.78, 5) is 164. The van der Waals surface area contributed by atoms with Crippen molar-refractivity contribution < 1.29 is 123 Å². The van der Waals surface area contributed by atoms with Crippen molar-refractivity contribution in [1.82, 2.24) is 82.4 Å². The van der Waals surface area contributed by atoms with Gasteiger partial charge in [-0.25, -0.2) is 34.7 Å². The SMILES string of the molecule is CC(C)C[C@H](NC(=O)[C@H](Cc1ccccc1)NC(=O)c1cnccn1)B(O)O.Cc1c(N)nc([C@H](CC(N)=O)NC[C@H](N)C(N)=O)nc1C(=O)N[C@H](C(=O)N[C@H](C)[C@@H](O)[C@H](C)C(=O)N[C@H](C(=O)NCCc1nc(-c2nc(C(=O)NCCC[S+](C)C)cs2)cs1)[C@@H](C)O)[C@@H](O[C@@H]1O[C@@H](CO)[C@@H](O)[C@H](O)[C@@H]1O[C@H]1O[C@H](CO)[C@@H](O)[C@H](OC(N)=O)[C@@H]1O)c1cnc[nH]1. The highest BCUT2D eigenvalue weighted by Crippen LogP contribution is 2.35. The van der Waals surface area contributed by atoms with Gasteiger partial charge in [0, 0.05) is 74.0 Å². The molecule has 21 atom stereocenters. The minimum Gasteiger partial charge on any atom is -0.441 e. The molecule has 2 aliphatic heterocycles. The lowest BCUT2D eigenvalue weighted by molar-refractivity contribution is -0.372. The van der Waals surface area contributed by atoms with Crippen LogP contribution in [0.1, 0.15) is 125 Å². The Kier molecular flexibility index (Phi) is 39.4. The number of H-pyrrole nitrogens is 1. The first kappa shape index (κ1) is 101. The molecule has 50 heteroatoms. The largest absolute Gasteiger partial charge is 0.475 e. The Morgan fingerprint density at radius 2 is 1.40 bits per heavy atom. The summed E-state index contributed by atoms with van der Waals surface area (Å²) < 4.78 is 28.7. The number of anilines is 1. The number of benzene rings is 1. The first-order valence-electron chi connectivity index (χ1n) is 39.0. The maximum Gasteiger partial charge on any atom is 0.475 e. The van der Waals surface area contributed by atoms with E-state index in [4.69, 9.17) is 52.4 Å². The van der Waals surface area contributed by atoms with Gasteiger partial charge in [-0.3, -0.25) is 48.1 Å². The fraction of sp³-hybridized carbons (Fsp3) is 0.554. The maximum atomic E-state index is 15.2. The monoisotopic (exact) mass is 1800 g/mol. The molecule has 46 nitrogen and oxygen atoms in total. The highest BCUT2D eigenvalue weighted by Gasteiger charge is 2.54. The fourth-order valence-corrected chi connectivity index (χ4v) is 14.9. The number of hydrogen-bond donors (Lipinski definition) is 24. The molecule has 6 aromatic rings. The molecule has 2 aliphatic rings. The van der Waals surface area contributed by atoms with Gasteiger partial charge in [-0.15, -0.1) is 22.7 Å². The average molecular weight is 1800 g/mol. The zero-order valence-corrected chi connectivity index (χ0v) is 71.3. The van der Waals surface area contributed by atoms with Crippen molar-refractivity contribution in [2.75, 3.05) is 56.8 Å². The number of ether oxygens (including phenoxy) is 5. The number of aromatic amines is 1. The first-order chi connectivity index (χ1) is 58.7. The summed E-state index contributed by atoms with van der Waals surface area (Å²) >= 11 is 2.52. The van der Waals surface area contributed by atoms with Crippen molar-refractivity contribution in [3.8, 4) is 10.7 Å². The van der Waals surface area contributed by atoms with Gasteiger partial charge in [0.05, 0.1) is 97.3 Å². The zero-order valence-electron chi connectivity index (χ0n) is 68.8. The standard InChI is InChI=1S/C55H83N17O21S3.C19H25BN4O4/c1-20-33(69-46(72-44(20)58)25(12-31(57)76)64-13-24(56)45(59)82)50(86)71-35(41(26-14-61-19-65-26)91-54-43(39(80)37(78)29(15-73)90-54)92-53-40(81)42(93-55(60)88)38(79)30(16-74)89-53)51(87)66-22(3)36(77)21(2)47(83)70-34(23(4)75)49(85)63-10-8-32-67-28(18-94-32)52-68-27(17-95-52)48(84)62-9-7-11-96(5)6;1-13(2)10-17(20(27)28)24-18(25)15(11-14-6-4-3-5-7-14)23-19(26)16-12-21-8-9-22-16/h14,17-19,21-25,29-30,34-43,53-54,64,73-75,77-81H,7-13,15-16,56H2,1-6H3,(H13-,57,58,59,60,61,62,63,65,66,69,70,71,72,76,82,83,84,85,86,87,88);3-9,12-13,15,17,27-28H,10-11H2,1-2H3,(H,23,26)(H,24,25)/p+1/t21-,22+,23+,24-,25-,29-,30+,34-,35-,36-,37+,38+,39-,40-,41-,42-,43-,53+,54-;15-,17-/m00/s1. The van der Waals surface area contributed by atoms with E-state index in [0.717, 1.165) is 30.3 Å². The molecule has 0 radical (unpaired) electrons. The molecule has 124 heavy (non-hydrogen) atoms. The van der Waals surface area contributed by atoms with E-state index >= 15 is 4.79 Å². The third-order valence-electron chi connectivity index (χ3n) is 19.4. The van der Waals surface area contributed by atoms with Gasteiger partial charge in [-0.2, -0.15) is 0 Å². The van der Waals surface area contributed by atoms with Crippen molar-refractivity contribution in [2.24, 2.45) is 34.8 Å². The van der Waals surface area contributed by atoms with E-state index in [0.29, 0.717) is 28.7 Å². The summed E-state index contributed by atoms with van der Waals surface area (Å²) in [5, 5.41) is 133. The average Bonchev–Trinajstić information content (AvgIpc) is 0.885. The van der Waals surface area contributed by atoms with Crippen molar-refractivity contribution in [2.45, 2.75) is 196 Å². The molecule has 8 rings (SSSR count). The number of primary amides is 3. The third-order valence-corrected chi connectivity index (χ3v) is 22.3. The van der Waals surface area contributed by atoms with E-state index in [-0.39, 0.29) is 82.9 Å². The molecule has 2 saturated heterocycles. The molecule has 0 unspecified atom stereocenters. The maximum absolute atomic E-state index is 15.2. The molecule has 0 saturated carbocycles. The molecule has 29 N–H and O–H groups in total. The van der Waals surface area contributed by atoms with Crippen LogP contribution in [0.5, 0.6) is 0 Å². The number of aliphatic hydroxyl groups is 8. The smallest absolute Gasteiger partial charge is 0.441 e. The Morgan fingerprint density at radius 3 is 2.02 bits per heavy atom. The van der Waals surface area contributed by atoms with Crippen molar-refractivity contribution >= 4 is 106 Å². The quantitative estimate of drug-likeness (QED) is 0.00960. The summed E-state index contributed by atoms with van der Waals surface area (Å²) in [6.45, 7) is 7.01. The van der Waals surface area contributed by atoms with Crippen LogP contribution in [0.3, 0.4) is 0 Å². The van der Waals surface area contributed by atoms with Gasteiger partial charge in [0.15, 0.2) is 18.7 Å². The van der Waals surface area contributed by atoms with Crippen LogP contribution in [0.4, 0.5) is 10.6 Å². The van der Waals surface area contributed by atoms with Crippen molar-refractivity contribution in [3.05, 3.63) is 117 Å². The molecular weight excluding hydrogens is 1690 g/mol. The number of hydrogen-bond acceptors (Lipinski definition) is 37. The number of nitrogen functional groups attached to an aromatic ring is 1. The van der Waals surface area contributed by atoms with Gasteiger partial charge in [-0.1, -0.05) is 51.1 Å². The molecular formula is C74H109BN21O25S3+. The fourth-order valence-electron chi connectivity index (χ4n) is 12.6. The Hall–Kier alpha value is -10.1. The van der Waals surface area contributed by atoms with E-state index in [2.05, 4.69) is 94.9 Å². The number of nitrogens with zero attached hydrogens (tertiary/aromatic N) is 7. The lowest BCUT2D eigenvalue weighted by atomic mass is 9.75. The second-order valence-electron chi connectivity index (χ2n) is 29.8. The summed E-state index contributed by atoms with van der Waals surface area (Å²) in [7, 11) is -1.44. The predicted octanol–water partition coefficient (Wildman–Crippen LogP) is -7.34. The molecule has 1 aromatic carbocycles. The van der Waals surface area contributed by atoms with Gasteiger partial charge < -0.3 is 151 Å². The van der Waals surface area contributed by atoms with Gasteiger partial charge in [0.1, 0.15) is 112 Å². The number of imidazole rings is 1. The van der Waals surface area contributed by atoms with E-state index in [1.54, 1.807) is 10.8 Å². The molecule has 2 fully saturated rings. The molecule has 0 aliphatic carbocycles. The molecule has 7 heterocycles. The molecule has 10 amide bonds. The summed E-state index contributed by atoms with van der Waals surface area (Å²) in [5.74, 6) is -9.41. The number of carbonyl (C=O) groups excluding carboxylic acids is 10. The number of aliphatic hydroxyl groups excluding tert-OH is 8. The Balaban J connectivity index is 0.000000635. The summed E-state index contributed by atoms with van der Waals surface area (Å²) in [6.07, 6.45) is -15.2. The van der Waals surface area contributed by atoms with E-state index in [1.165, 1.54) is 69.0 Å². The second kappa shape index (κ2) is 48.4. The van der Waals surface area contributed by atoms with Crippen LogP contribution in [-0.2, 0) is 76.2 Å². The minimum atomic E-state index is -2.20. The minimum absolute atomic E-state index is 0.00498. The lowest BCUT2D eigenvalue weighted by Crippen LogP contribution is -2.65. The molecule has 0 bridgehead atoms. The number of amides is 10. The topological polar surface area (TPSA) is 752 Å². The number of rotatable bonds is 44. The number of thiazole rings is 2. The number of aromatic nitrogens is 8. The molecule has 680 valence electrons. The highest BCUT2D eigenvalue weighted by molar-refractivity contribution is 7.95. The van der Waals surface area contributed by atoms with E-state index < -0.39 is 214 Å². The Bertz CT molecular complexity index is 4480. The summed E-state index contributed by atoms with van der Waals surface area (Å²) in [6, 6.07) is 0.480. The predicted molar refractivity (Wildman–Crippen MR) is 444 cm³/mol. The summed E-state index contributed by atoms with van der Waals surface area (Å²) in [5.41, 5.74) is 29.0. The number of nitrogens with one attached hydrogen (secondary N) is 9. The lowest BCUT2D eigenvalue weighted by Gasteiger charge is -2.47. The van der Waals surface area contributed by atoms with Crippen molar-refractivity contribution in [3.63, 3.8) is 0 Å². The van der Waals surface area contributed by atoms with Crippen LogP contribution in [0.25, 0.3) is 10.7 Å². The first-order valence-corrected chi connectivity index (χ1v) is 43.0. The molecule has 5 aromatic heterocycles. The Morgan fingerprint density at radius 1 is 0.710 bits per heavy atom. The van der Waals surface area contributed by atoms with Crippen LogP contribution in [0.2, 0.25) is 0 Å². The van der Waals surface area contributed by atoms with Crippen LogP contribution in [-0.4, -0.2) is 318 Å². The van der Waals surface area contributed by atoms with Crippen LogP contribution >= 0.6 is 22.7 Å². The van der Waals surface area contributed by atoms with Gasteiger partial charge in [0.25, 0.3) is 17.7 Å².